The van der Waals surface area contributed by atoms with E-state index in [-0.39, 0.29) is 11.9 Å². The molecule has 1 aromatic heterocycles. The Bertz CT molecular complexity index is 1000. The number of nitrogens with zero attached hydrogens (tertiary/aromatic N) is 3. The third-order valence-electron chi connectivity index (χ3n) is 4.33. The normalized spacial score (nSPS) is 12.0. The molecule has 2 aromatic carbocycles. The van der Waals surface area contributed by atoms with E-state index in [1.165, 1.54) is 18.1 Å². The van der Waals surface area contributed by atoms with E-state index in [1.807, 2.05) is 36.6 Å². The van der Waals surface area contributed by atoms with Crippen LogP contribution in [-0.2, 0) is 10.5 Å². The van der Waals surface area contributed by atoms with Crippen LogP contribution in [-0.4, -0.2) is 20.7 Å². The predicted octanol–water partition coefficient (Wildman–Crippen LogP) is 5.03. The maximum Gasteiger partial charge on any atom is 0.217 e. The van der Waals surface area contributed by atoms with E-state index in [0.29, 0.717) is 10.8 Å². The molecular weight excluding hydrogens is 392 g/mol. The first-order valence-electron chi connectivity index (χ1n) is 9.02. The Kier molecular flexibility index (Phi) is 6.42. The summed E-state index contributed by atoms with van der Waals surface area (Å²) < 4.78 is 1.99. The van der Waals surface area contributed by atoms with Gasteiger partial charge in [-0.15, -0.1) is 10.2 Å². The lowest BCUT2D eigenvalue weighted by Gasteiger charge is -2.17. The van der Waals surface area contributed by atoms with Gasteiger partial charge in [-0.05, 0) is 44.0 Å². The van der Waals surface area contributed by atoms with Crippen molar-refractivity contribution in [1.82, 2.24) is 20.1 Å². The van der Waals surface area contributed by atoms with E-state index in [4.69, 9.17) is 11.6 Å². The van der Waals surface area contributed by atoms with Crippen LogP contribution < -0.4 is 5.32 Å². The number of hydrogen-bond donors (Lipinski definition) is 1. The molecule has 0 aliphatic rings. The summed E-state index contributed by atoms with van der Waals surface area (Å²) in [6, 6.07) is 13.9. The zero-order valence-electron chi connectivity index (χ0n) is 16.4. The minimum absolute atomic E-state index is 0.112. The van der Waals surface area contributed by atoms with Crippen LogP contribution in [0.15, 0.2) is 47.6 Å². The number of aryl methyl sites for hydroxylation is 2. The Morgan fingerprint density at radius 3 is 2.71 bits per heavy atom. The van der Waals surface area contributed by atoms with Gasteiger partial charge in [0.25, 0.3) is 0 Å². The SMILES string of the molecule is CC(=O)NC(C)c1nnc(SCc2cccc(C)c2)n1-c1cc(Cl)ccc1C. The van der Waals surface area contributed by atoms with Crippen molar-refractivity contribution in [3.8, 4) is 5.69 Å². The first kappa shape index (κ1) is 20.4. The molecule has 1 amide bonds. The summed E-state index contributed by atoms with van der Waals surface area (Å²) in [5.41, 5.74) is 4.42. The molecule has 5 nitrogen and oxygen atoms in total. The van der Waals surface area contributed by atoms with Gasteiger partial charge >= 0.3 is 0 Å². The quantitative estimate of drug-likeness (QED) is 0.575. The molecule has 0 aliphatic carbocycles. The third-order valence-corrected chi connectivity index (χ3v) is 5.56. The van der Waals surface area contributed by atoms with E-state index < -0.39 is 0 Å². The maximum absolute atomic E-state index is 11.6. The van der Waals surface area contributed by atoms with Crippen molar-refractivity contribution in [2.24, 2.45) is 0 Å². The van der Waals surface area contributed by atoms with Gasteiger partial charge in [0.2, 0.25) is 5.91 Å². The first-order chi connectivity index (χ1) is 13.3. The monoisotopic (exact) mass is 414 g/mol. The fourth-order valence-electron chi connectivity index (χ4n) is 3.02. The molecule has 146 valence electrons. The molecule has 1 unspecified atom stereocenters. The number of rotatable bonds is 6. The Labute approximate surface area is 174 Å². The topological polar surface area (TPSA) is 59.8 Å². The molecule has 1 N–H and O–H groups in total. The smallest absolute Gasteiger partial charge is 0.217 e. The van der Waals surface area contributed by atoms with Gasteiger partial charge in [0, 0.05) is 17.7 Å². The molecule has 28 heavy (non-hydrogen) atoms. The lowest BCUT2D eigenvalue weighted by molar-refractivity contribution is -0.119. The summed E-state index contributed by atoms with van der Waals surface area (Å²) >= 11 is 7.87. The van der Waals surface area contributed by atoms with Crippen LogP contribution in [0.1, 0.15) is 42.4 Å². The molecule has 0 saturated carbocycles. The highest BCUT2D eigenvalue weighted by molar-refractivity contribution is 7.98. The molecule has 7 heteroatoms. The van der Waals surface area contributed by atoms with Gasteiger partial charge in [-0.1, -0.05) is 59.3 Å². The van der Waals surface area contributed by atoms with Crippen molar-refractivity contribution in [1.29, 1.82) is 0 Å². The number of carbonyl (C=O) groups excluding carboxylic acids is 1. The maximum atomic E-state index is 11.6. The van der Waals surface area contributed by atoms with E-state index in [1.54, 1.807) is 11.8 Å². The summed E-state index contributed by atoms with van der Waals surface area (Å²) in [6.45, 7) is 7.50. The zero-order valence-corrected chi connectivity index (χ0v) is 17.9. The van der Waals surface area contributed by atoms with Crippen molar-refractivity contribution >= 4 is 29.3 Å². The summed E-state index contributed by atoms with van der Waals surface area (Å²) in [7, 11) is 0. The van der Waals surface area contributed by atoms with Crippen LogP contribution in [0.3, 0.4) is 0 Å². The van der Waals surface area contributed by atoms with Gasteiger partial charge in [0.15, 0.2) is 11.0 Å². The number of aromatic nitrogens is 3. The van der Waals surface area contributed by atoms with Crippen molar-refractivity contribution in [2.75, 3.05) is 0 Å². The molecule has 0 fully saturated rings. The van der Waals surface area contributed by atoms with Crippen LogP contribution in [0, 0.1) is 13.8 Å². The van der Waals surface area contributed by atoms with Gasteiger partial charge in [0.1, 0.15) is 0 Å². The van der Waals surface area contributed by atoms with Crippen LogP contribution >= 0.6 is 23.4 Å². The Balaban J connectivity index is 2.01. The minimum Gasteiger partial charge on any atom is -0.347 e. The molecule has 1 atom stereocenters. The number of carbonyl (C=O) groups is 1. The van der Waals surface area contributed by atoms with Crippen molar-refractivity contribution < 1.29 is 4.79 Å². The van der Waals surface area contributed by atoms with Gasteiger partial charge < -0.3 is 5.32 Å². The Hall–Kier alpha value is -2.31. The third kappa shape index (κ3) is 4.75. The Morgan fingerprint density at radius 2 is 2.00 bits per heavy atom. The van der Waals surface area contributed by atoms with Crippen molar-refractivity contribution in [3.05, 3.63) is 70.0 Å². The number of thioether (sulfide) groups is 1. The van der Waals surface area contributed by atoms with Gasteiger partial charge in [0.05, 0.1) is 11.7 Å². The molecule has 0 aliphatic heterocycles. The van der Waals surface area contributed by atoms with Crippen molar-refractivity contribution in [2.45, 2.75) is 44.6 Å². The second-order valence-corrected chi connectivity index (χ2v) is 8.19. The summed E-state index contributed by atoms with van der Waals surface area (Å²) in [6.07, 6.45) is 0. The minimum atomic E-state index is -0.281. The average molecular weight is 415 g/mol. The second kappa shape index (κ2) is 8.80. The van der Waals surface area contributed by atoms with Crippen LogP contribution in [0.5, 0.6) is 0 Å². The molecule has 3 aromatic rings. The fraction of sp³-hybridized carbons (Fsp3) is 0.286. The molecule has 0 bridgehead atoms. The van der Waals surface area contributed by atoms with Gasteiger partial charge in [-0.3, -0.25) is 9.36 Å². The van der Waals surface area contributed by atoms with E-state index in [2.05, 4.69) is 46.7 Å². The second-order valence-electron chi connectivity index (χ2n) is 6.81. The summed E-state index contributed by atoms with van der Waals surface area (Å²) in [5.74, 6) is 1.33. The zero-order chi connectivity index (χ0) is 20.3. The number of benzene rings is 2. The van der Waals surface area contributed by atoms with E-state index in [0.717, 1.165) is 22.2 Å². The molecule has 1 heterocycles. The number of hydrogen-bond acceptors (Lipinski definition) is 4. The van der Waals surface area contributed by atoms with Crippen LogP contribution in [0.2, 0.25) is 5.02 Å². The fourth-order valence-corrected chi connectivity index (χ4v) is 4.09. The highest BCUT2D eigenvalue weighted by atomic mass is 35.5. The molecule has 3 rings (SSSR count). The van der Waals surface area contributed by atoms with Gasteiger partial charge in [-0.25, -0.2) is 0 Å². The van der Waals surface area contributed by atoms with Crippen LogP contribution in [0.4, 0.5) is 0 Å². The number of amides is 1. The highest BCUT2D eigenvalue weighted by Gasteiger charge is 2.21. The number of nitrogens with one attached hydrogen (secondary N) is 1. The first-order valence-corrected chi connectivity index (χ1v) is 10.4. The van der Waals surface area contributed by atoms with Crippen molar-refractivity contribution in [3.63, 3.8) is 0 Å². The lowest BCUT2D eigenvalue weighted by atomic mass is 10.2. The Morgan fingerprint density at radius 1 is 1.21 bits per heavy atom. The summed E-state index contributed by atoms with van der Waals surface area (Å²) in [4.78, 5) is 11.6. The predicted molar refractivity (Wildman–Crippen MR) is 114 cm³/mol. The average Bonchev–Trinajstić information content (AvgIpc) is 3.05. The largest absolute Gasteiger partial charge is 0.347 e. The highest BCUT2D eigenvalue weighted by Crippen LogP contribution is 2.30. The molecule has 0 spiro atoms. The lowest BCUT2D eigenvalue weighted by Crippen LogP contribution is -2.26. The van der Waals surface area contributed by atoms with E-state index in [9.17, 15) is 4.79 Å². The molecule has 0 radical (unpaired) electrons. The molecule has 0 saturated heterocycles. The number of halogens is 1. The molecular formula is C21H23ClN4OS. The summed E-state index contributed by atoms with van der Waals surface area (Å²) in [5, 5.41) is 13.1. The standard InChI is InChI=1S/C21H23ClN4OS/c1-13-6-5-7-17(10-13)12-28-21-25-24-20(15(3)23-16(4)27)26(21)19-11-18(22)9-8-14(19)2/h5-11,15H,12H2,1-4H3,(H,23,27). The van der Waals surface area contributed by atoms with Gasteiger partial charge in [-0.2, -0.15) is 0 Å². The van der Waals surface area contributed by atoms with Crippen LogP contribution in [0.25, 0.3) is 5.69 Å². The van der Waals surface area contributed by atoms with E-state index >= 15 is 0 Å².